The Morgan fingerprint density at radius 3 is 2.71 bits per heavy atom. The van der Waals surface area contributed by atoms with E-state index in [2.05, 4.69) is 10.6 Å². The first kappa shape index (κ1) is 15.8. The smallest absolute Gasteiger partial charge is 0.260 e. The molecule has 0 aliphatic heterocycles. The first-order chi connectivity index (χ1) is 10.0. The van der Waals surface area contributed by atoms with Crippen LogP contribution >= 0.6 is 0 Å². The molecular formula is C16H23FN2O2. The molecule has 0 bridgehead atoms. The van der Waals surface area contributed by atoms with Gasteiger partial charge in [-0.15, -0.1) is 0 Å². The van der Waals surface area contributed by atoms with Gasteiger partial charge in [-0.3, -0.25) is 4.79 Å². The highest BCUT2D eigenvalue weighted by molar-refractivity contribution is 5.81. The molecule has 4 nitrogen and oxygen atoms in total. The highest BCUT2D eigenvalue weighted by Crippen LogP contribution is 2.23. The van der Waals surface area contributed by atoms with Gasteiger partial charge in [0.2, 0.25) is 0 Å². The molecule has 116 valence electrons. The third-order valence-electron chi connectivity index (χ3n) is 3.56. The summed E-state index contributed by atoms with van der Waals surface area (Å²) in [4.78, 5) is 11.8. The van der Waals surface area contributed by atoms with Crippen LogP contribution in [0.3, 0.4) is 0 Å². The third kappa shape index (κ3) is 4.43. The number of benzene rings is 1. The topological polar surface area (TPSA) is 50.4 Å². The monoisotopic (exact) mass is 294 g/mol. The van der Waals surface area contributed by atoms with E-state index in [0.29, 0.717) is 0 Å². The van der Waals surface area contributed by atoms with Crippen LogP contribution in [0.5, 0.6) is 5.75 Å². The number of hydrogen-bond donors (Lipinski definition) is 2. The Morgan fingerprint density at radius 1 is 1.43 bits per heavy atom. The summed E-state index contributed by atoms with van der Waals surface area (Å²) >= 11 is 0. The first-order valence-electron chi connectivity index (χ1n) is 7.51. The fourth-order valence-corrected chi connectivity index (χ4v) is 2.10. The lowest BCUT2D eigenvalue weighted by atomic mass is 10.1. The van der Waals surface area contributed by atoms with Crippen LogP contribution in [0.25, 0.3) is 0 Å². The van der Waals surface area contributed by atoms with Crippen molar-refractivity contribution < 1.29 is 13.9 Å². The standard InChI is InChI=1S/C16H23FN2O2/c1-4-18-10(2)12-5-8-15(14(17)9-12)21-11(3)16(20)19-13-6-7-13/h5,8-11,13,18H,4,6-7H2,1-3H3,(H,19,20). The Morgan fingerprint density at radius 2 is 2.14 bits per heavy atom. The van der Waals surface area contributed by atoms with Crippen molar-refractivity contribution in [1.82, 2.24) is 10.6 Å². The van der Waals surface area contributed by atoms with Gasteiger partial charge in [0, 0.05) is 12.1 Å². The molecule has 5 heteroatoms. The molecule has 1 aromatic carbocycles. The summed E-state index contributed by atoms with van der Waals surface area (Å²) < 4.78 is 19.5. The van der Waals surface area contributed by atoms with E-state index >= 15 is 0 Å². The van der Waals surface area contributed by atoms with Crippen LogP contribution in [-0.4, -0.2) is 24.6 Å². The number of rotatable bonds is 7. The van der Waals surface area contributed by atoms with Crippen molar-refractivity contribution in [2.75, 3.05) is 6.54 Å². The van der Waals surface area contributed by atoms with Crippen molar-refractivity contribution in [2.24, 2.45) is 0 Å². The second-order valence-electron chi connectivity index (χ2n) is 5.51. The van der Waals surface area contributed by atoms with Gasteiger partial charge < -0.3 is 15.4 Å². The number of carbonyl (C=O) groups excluding carboxylic acids is 1. The lowest BCUT2D eigenvalue weighted by molar-refractivity contribution is -0.127. The summed E-state index contributed by atoms with van der Waals surface area (Å²) in [5.41, 5.74) is 0.858. The van der Waals surface area contributed by atoms with Gasteiger partial charge in [-0.05, 0) is 50.9 Å². The van der Waals surface area contributed by atoms with Gasteiger partial charge in [0.25, 0.3) is 5.91 Å². The normalized spacial score (nSPS) is 17.1. The fourth-order valence-electron chi connectivity index (χ4n) is 2.10. The van der Waals surface area contributed by atoms with Crippen LogP contribution < -0.4 is 15.4 Å². The van der Waals surface area contributed by atoms with Gasteiger partial charge in [0.15, 0.2) is 17.7 Å². The molecule has 2 rings (SSSR count). The van der Waals surface area contributed by atoms with Gasteiger partial charge in [-0.1, -0.05) is 13.0 Å². The van der Waals surface area contributed by atoms with E-state index in [-0.39, 0.29) is 23.7 Å². The molecule has 0 spiro atoms. The molecule has 1 aromatic rings. The third-order valence-corrected chi connectivity index (χ3v) is 3.56. The maximum atomic E-state index is 14.1. The molecule has 0 saturated heterocycles. The van der Waals surface area contributed by atoms with Crippen LogP contribution in [0.1, 0.15) is 45.2 Å². The van der Waals surface area contributed by atoms with Crippen LogP contribution in [0, 0.1) is 5.82 Å². The highest BCUT2D eigenvalue weighted by Gasteiger charge is 2.26. The summed E-state index contributed by atoms with van der Waals surface area (Å²) in [5, 5.41) is 6.07. The van der Waals surface area contributed by atoms with Crippen LogP contribution in [-0.2, 0) is 4.79 Å². The van der Waals surface area contributed by atoms with Gasteiger partial charge in [-0.25, -0.2) is 4.39 Å². The summed E-state index contributed by atoms with van der Waals surface area (Å²) in [6.45, 7) is 6.43. The van der Waals surface area contributed by atoms with E-state index in [0.717, 1.165) is 24.9 Å². The van der Waals surface area contributed by atoms with Gasteiger partial charge in [0.05, 0.1) is 0 Å². The van der Waals surface area contributed by atoms with Gasteiger partial charge in [0.1, 0.15) is 0 Å². The van der Waals surface area contributed by atoms with Crippen molar-refractivity contribution in [3.05, 3.63) is 29.6 Å². The van der Waals surface area contributed by atoms with Gasteiger partial charge in [-0.2, -0.15) is 0 Å². The molecule has 0 radical (unpaired) electrons. The number of carbonyl (C=O) groups is 1. The number of ether oxygens (including phenoxy) is 1. The predicted octanol–water partition coefficient (Wildman–Crippen LogP) is 2.54. The van der Waals surface area contributed by atoms with E-state index in [1.165, 1.54) is 6.07 Å². The average molecular weight is 294 g/mol. The van der Waals surface area contributed by atoms with Crippen molar-refractivity contribution in [2.45, 2.75) is 51.8 Å². The van der Waals surface area contributed by atoms with E-state index in [9.17, 15) is 9.18 Å². The molecule has 0 heterocycles. The number of nitrogens with one attached hydrogen (secondary N) is 2. The second-order valence-corrected chi connectivity index (χ2v) is 5.51. The summed E-state index contributed by atoms with van der Waals surface area (Å²) in [7, 11) is 0. The maximum absolute atomic E-state index is 14.1. The molecule has 1 aliphatic rings. The Hall–Kier alpha value is -1.62. The number of amides is 1. The molecular weight excluding hydrogens is 271 g/mol. The predicted molar refractivity (Wildman–Crippen MR) is 79.7 cm³/mol. The molecule has 1 amide bonds. The van der Waals surface area contributed by atoms with E-state index in [4.69, 9.17) is 4.74 Å². The SMILES string of the molecule is CCNC(C)c1ccc(OC(C)C(=O)NC2CC2)c(F)c1. The minimum atomic E-state index is -0.697. The molecule has 2 N–H and O–H groups in total. The average Bonchev–Trinajstić information content (AvgIpc) is 3.25. The zero-order chi connectivity index (χ0) is 15.4. The Kier molecular flexibility index (Phi) is 5.17. The Balaban J connectivity index is 1.97. The van der Waals surface area contributed by atoms with Crippen molar-refractivity contribution >= 4 is 5.91 Å². The lowest BCUT2D eigenvalue weighted by Gasteiger charge is -2.17. The van der Waals surface area contributed by atoms with Crippen molar-refractivity contribution in [3.63, 3.8) is 0 Å². The second kappa shape index (κ2) is 6.89. The highest BCUT2D eigenvalue weighted by atomic mass is 19.1. The largest absolute Gasteiger partial charge is 0.478 e. The maximum Gasteiger partial charge on any atom is 0.260 e. The van der Waals surface area contributed by atoms with E-state index < -0.39 is 11.9 Å². The van der Waals surface area contributed by atoms with Crippen molar-refractivity contribution in [3.8, 4) is 5.75 Å². The summed E-state index contributed by atoms with van der Waals surface area (Å²) in [6, 6.07) is 5.20. The van der Waals surface area contributed by atoms with Crippen LogP contribution in [0.15, 0.2) is 18.2 Å². The zero-order valence-corrected chi connectivity index (χ0v) is 12.8. The number of halogens is 1. The molecule has 1 fully saturated rings. The lowest BCUT2D eigenvalue weighted by Crippen LogP contribution is -2.37. The molecule has 21 heavy (non-hydrogen) atoms. The Labute approximate surface area is 125 Å². The zero-order valence-electron chi connectivity index (χ0n) is 12.8. The Bertz CT molecular complexity index is 503. The van der Waals surface area contributed by atoms with Crippen LogP contribution in [0.2, 0.25) is 0 Å². The van der Waals surface area contributed by atoms with Crippen molar-refractivity contribution in [1.29, 1.82) is 0 Å². The minimum Gasteiger partial charge on any atom is -0.478 e. The molecule has 1 saturated carbocycles. The molecule has 2 unspecified atom stereocenters. The molecule has 1 aliphatic carbocycles. The van der Waals surface area contributed by atoms with Crippen LogP contribution in [0.4, 0.5) is 4.39 Å². The fraction of sp³-hybridized carbons (Fsp3) is 0.562. The van der Waals surface area contributed by atoms with E-state index in [1.807, 2.05) is 19.9 Å². The molecule has 2 atom stereocenters. The summed E-state index contributed by atoms with van der Waals surface area (Å²) in [5.74, 6) is -0.522. The summed E-state index contributed by atoms with van der Waals surface area (Å²) in [6.07, 6.45) is 1.34. The number of hydrogen-bond acceptors (Lipinski definition) is 3. The first-order valence-corrected chi connectivity index (χ1v) is 7.51. The van der Waals surface area contributed by atoms with Gasteiger partial charge >= 0.3 is 0 Å². The quantitative estimate of drug-likeness (QED) is 0.812. The van der Waals surface area contributed by atoms with E-state index in [1.54, 1.807) is 13.0 Å². The minimum absolute atomic E-state index is 0.0779. The molecule has 0 aromatic heterocycles.